The molecule has 0 amide bonds. The molecule has 0 aromatic heterocycles. The molecule has 0 bridgehead atoms. The summed E-state index contributed by atoms with van der Waals surface area (Å²) >= 11 is 0. The van der Waals surface area contributed by atoms with E-state index in [1.54, 1.807) is 7.05 Å². The second kappa shape index (κ2) is 3.81. The predicted molar refractivity (Wildman–Crippen MR) is 70.2 cm³/mol. The Morgan fingerprint density at radius 1 is 1.00 bits per heavy atom. The first kappa shape index (κ1) is 11.2. The minimum Gasteiger partial charge on any atom is -0.355 e. The highest BCUT2D eigenvalue weighted by molar-refractivity contribution is 5.72. The number of hydroxylamine groups is 2. The summed E-state index contributed by atoms with van der Waals surface area (Å²) < 4.78 is -0.601. The molecule has 1 unspecified atom stereocenters. The first-order valence-electron chi connectivity index (χ1n) is 5.90. The molecule has 2 aromatic carbocycles. The van der Waals surface area contributed by atoms with Gasteiger partial charge in [0.25, 0.3) is 0 Å². The van der Waals surface area contributed by atoms with Crippen molar-refractivity contribution < 1.29 is 9.96 Å². The van der Waals surface area contributed by atoms with E-state index in [1.807, 2.05) is 48.5 Å². The molecule has 1 aliphatic heterocycles. The summed E-state index contributed by atoms with van der Waals surface area (Å²) in [5.74, 6) is 5.91. The van der Waals surface area contributed by atoms with E-state index in [1.165, 1.54) is 0 Å². The van der Waals surface area contributed by atoms with Gasteiger partial charge in [0, 0.05) is 22.5 Å². The molecule has 2 aromatic rings. The number of hydrogen-bond donors (Lipinski definition) is 3. The highest BCUT2D eigenvalue weighted by Gasteiger charge is 2.38. The van der Waals surface area contributed by atoms with E-state index in [0.29, 0.717) is 0 Å². The number of nitrogens with zero attached hydrogens (tertiary/aromatic N) is 1. The lowest BCUT2D eigenvalue weighted by Crippen LogP contribution is -2.51. The summed E-state index contributed by atoms with van der Waals surface area (Å²) in [5.41, 5.74) is 3.99. The smallest absolute Gasteiger partial charge is 0.192 e. The summed E-state index contributed by atoms with van der Waals surface area (Å²) in [6.07, 6.45) is 0. The Bertz CT molecular complexity index is 544. The summed E-state index contributed by atoms with van der Waals surface area (Å²) in [4.78, 5) is 0. The van der Waals surface area contributed by atoms with Gasteiger partial charge in [-0.2, -0.15) is 5.21 Å². The third kappa shape index (κ3) is 1.67. The van der Waals surface area contributed by atoms with Crippen molar-refractivity contribution in [2.24, 2.45) is 5.84 Å². The lowest BCUT2D eigenvalue weighted by Gasteiger charge is -2.34. The zero-order valence-electron chi connectivity index (χ0n) is 10.2. The van der Waals surface area contributed by atoms with Crippen LogP contribution in [-0.4, -0.2) is 17.0 Å². The average molecular weight is 242 g/mol. The second-order valence-electron chi connectivity index (χ2n) is 4.80. The summed E-state index contributed by atoms with van der Waals surface area (Å²) in [7, 11) is 1.59. The van der Waals surface area contributed by atoms with Crippen LogP contribution in [0.2, 0.25) is 0 Å². The van der Waals surface area contributed by atoms with Crippen molar-refractivity contribution in [2.45, 2.75) is 6.04 Å². The van der Waals surface area contributed by atoms with Gasteiger partial charge < -0.3 is 5.32 Å². The van der Waals surface area contributed by atoms with Gasteiger partial charge in [-0.25, -0.2) is 0 Å². The maximum Gasteiger partial charge on any atom is 0.192 e. The first-order valence-corrected chi connectivity index (χ1v) is 5.90. The van der Waals surface area contributed by atoms with Crippen LogP contribution in [0, 0.1) is 0 Å². The normalized spacial score (nSPS) is 17.3. The van der Waals surface area contributed by atoms with E-state index in [-0.39, 0.29) is 6.04 Å². The fourth-order valence-corrected chi connectivity index (χ4v) is 2.57. The van der Waals surface area contributed by atoms with Crippen LogP contribution in [0.15, 0.2) is 48.5 Å². The van der Waals surface area contributed by atoms with Crippen molar-refractivity contribution in [1.29, 1.82) is 0 Å². The minimum atomic E-state index is -0.601. The number of para-hydroxylation sites is 2. The van der Waals surface area contributed by atoms with Gasteiger partial charge in [0.1, 0.15) is 7.05 Å². The summed E-state index contributed by atoms with van der Waals surface area (Å²) in [6.45, 7) is 0. The number of rotatable bonds is 1. The number of anilines is 2. The van der Waals surface area contributed by atoms with Crippen molar-refractivity contribution in [2.75, 3.05) is 12.4 Å². The number of quaternary nitrogens is 1. The van der Waals surface area contributed by atoms with Crippen LogP contribution in [-0.2, 0) is 0 Å². The summed E-state index contributed by atoms with van der Waals surface area (Å²) in [5, 5.41) is 13.6. The number of fused-ring (bicyclic) bond motifs is 2. The summed E-state index contributed by atoms with van der Waals surface area (Å²) in [6, 6.07) is 15.5. The third-order valence-corrected chi connectivity index (χ3v) is 3.30. The van der Waals surface area contributed by atoms with Gasteiger partial charge in [0.2, 0.25) is 0 Å². The molecular formula is C14H16N3O+. The molecule has 0 aliphatic carbocycles. The molecule has 0 spiro atoms. The Morgan fingerprint density at radius 3 is 1.89 bits per heavy atom. The van der Waals surface area contributed by atoms with Gasteiger partial charge in [-0.15, -0.1) is 10.6 Å². The van der Waals surface area contributed by atoms with Crippen molar-refractivity contribution >= 4 is 11.4 Å². The standard InChI is InChI=1S/C14H16N3O/c1-17(15,18)14-10-6-2-4-8-12(10)16-13-9-5-3-7-11(13)14/h2-9,14,16,18H,15H2,1H3/q+1. The lowest BCUT2D eigenvalue weighted by atomic mass is 9.91. The van der Waals surface area contributed by atoms with Crippen molar-refractivity contribution in [1.82, 2.24) is 0 Å². The first-order chi connectivity index (χ1) is 8.57. The number of hydrogen-bond acceptors (Lipinski definition) is 3. The van der Waals surface area contributed by atoms with E-state index in [9.17, 15) is 5.21 Å². The van der Waals surface area contributed by atoms with Crippen LogP contribution in [0.5, 0.6) is 0 Å². The fourth-order valence-electron chi connectivity index (χ4n) is 2.57. The van der Waals surface area contributed by atoms with Crippen LogP contribution in [0.3, 0.4) is 0 Å². The average Bonchev–Trinajstić information content (AvgIpc) is 2.34. The molecule has 4 nitrogen and oxygen atoms in total. The molecule has 1 heterocycles. The predicted octanol–water partition coefficient (Wildman–Crippen LogP) is 2.54. The lowest BCUT2D eigenvalue weighted by molar-refractivity contribution is -1.12. The molecule has 0 saturated heterocycles. The molecule has 1 atom stereocenters. The quantitative estimate of drug-likeness (QED) is 0.409. The highest BCUT2D eigenvalue weighted by Crippen LogP contribution is 2.43. The van der Waals surface area contributed by atoms with Gasteiger partial charge in [-0.05, 0) is 12.1 Å². The van der Waals surface area contributed by atoms with Gasteiger partial charge in [-0.3, -0.25) is 0 Å². The van der Waals surface area contributed by atoms with E-state index in [0.717, 1.165) is 22.5 Å². The molecule has 3 rings (SSSR count). The zero-order valence-corrected chi connectivity index (χ0v) is 10.2. The second-order valence-corrected chi connectivity index (χ2v) is 4.80. The minimum absolute atomic E-state index is 0.279. The molecule has 18 heavy (non-hydrogen) atoms. The number of benzene rings is 2. The van der Waals surface area contributed by atoms with E-state index < -0.39 is 4.76 Å². The Hall–Kier alpha value is -1.88. The Kier molecular flexibility index (Phi) is 2.38. The zero-order chi connectivity index (χ0) is 12.8. The molecule has 92 valence electrons. The highest BCUT2D eigenvalue weighted by atomic mass is 16.6. The Morgan fingerprint density at radius 2 is 1.44 bits per heavy atom. The molecule has 0 saturated carbocycles. The molecule has 4 N–H and O–H groups in total. The van der Waals surface area contributed by atoms with Crippen molar-refractivity contribution in [3.8, 4) is 0 Å². The molecule has 0 fully saturated rings. The molecule has 1 aliphatic rings. The van der Waals surface area contributed by atoms with E-state index >= 15 is 0 Å². The van der Waals surface area contributed by atoms with Crippen LogP contribution in [0.4, 0.5) is 11.4 Å². The van der Waals surface area contributed by atoms with Crippen molar-refractivity contribution in [3.05, 3.63) is 59.7 Å². The molecular weight excluding hydrogens is 226 g/mol. The van der Waals surface area contributed by atoms with Crippen LogP contribution in [0.1, 0.15) is 17.2 Å². The van der Waals surface area contributed by atoms with Gasteiger partial charge in [0.05, 0.1) is 0 Å². The largest absolute Gasteiger partial charge is 0.355 e. The molecule has 4 heteroatoms. The van der Waals surface area contributed by atoms with E-state index in [2.05, 4.69) is 5.32 Å². The Labute approximate surface area is 106 Å². The molecule has 0 radical (unpaired) electrons. The van der Waals surface area contributed by atoms with Gasteiger partial charge >= 0.3 is 0 Å². The topological polar surface area (TPSA) is 58.3 Å². The number of nitrogens with one attached hydrogen (secondary N) is 1. The third-order valence-electron chi connectivity index (χ3n) is 3.30. The maximum absolute atomic E-state index is 10.2. The fraction of sp³-hybridized carbons (Fsp3) is 0.143. The van der Waals surface area contributed by atoms with Crippen LogP contribution in [0.25, 0.3) is 0 Å². The van der Waals surface area contributed by atoms with E-state index in [4.69, 9.17) is 5.84 Å². The van der Waals surface area contributed by atoms with Crippen molar-refractivity contribution in [3.63, 3.8) is 0 Å². The SMILES string of the molecule is C[N+](N)(O)C1c2ccccc2Nc2ccccc21. The Balaban J connectivity index is 2.24. The van der Waals surface area contributed by atoms with Gasteiger partial charge in [-0.1, -0.05) is 36.4 Å². The maximum atomic E-state index is 10.2. The number of nitrogens with two attached hydrogens (primary N) is 1. The monoisotopic (exact) mass is 242 g/mol. The van der Waals surface area contributed by atoms with Crippen LogP contribution >= 0.6 is 0 Å². The van der Waals surface area contributed by atoms with Crippen LogP contribution < -0.4 is 11.2 Å². The van der Waals surface area contributed by atoms with Gasteiger partial charge in [0.15, 0.2) is 6.04 Å².